The normalized spacial score (nSPS) is 12.5. The number of amides is 1. The van der Waals surface area contributed by atoms with E-state index in [-0.39, 0.29) is 12.0 Å². The molecule has 0 bridgehead atoms. The fourth-order valence-electron chi connectivity index (χ4n) is 4.29. The summed E-state index contributed by atoms with van der Waals surface area (Å²) in [5.74, 6) is 0.524. The zero-order chi connectivity index (χ0) is 22.9. The van der Waals surface area contributed by atoms with Gasteiger partial charge >= 0.3 is 0 Å². The highest BCUT2D eigenvalue weighted by Crippen LogP contribution is 2.39. The van der Waals surface area contributed by atoms with Gasteiger partial charge in [-0.3, -0.25) is 4.79 Å². The van der Waals surface area contributed by atoms with Gasteiger partial charge in [0.15, 0.2) is 0 Å². The number of thiophene rings is 1. The lowest BCUT2D eigenvalue weighted by Crippen LogP contribution is -2.13. The van der Waals surface area contributed by atoms with Crippen LogP contribution in [0.25, 0.3) is 22.2 Å². The van der Waals surface area contributed by atoms with E-state index >= 15 is 0 Å². The van der Waals surface area contributed by atoms with Crippen molar-refractivity contribution in [3.63, 3.8) is 0 Å². The van der Waals surface area contributed by atoms with Gasteiger partial charge in [-0.1, -0.05) is 30.3 Å². The van der Waals surface area contributed by atoms with E-state index < -0.39 is 0 Å². The monoisotopic (exact) mass is 453 g/mol. The molecule has 5 nitrogen and oxygen atoms in total. The van der Waals surface area contributed by atoms with Crippen LogP contribution < -0.4 is 10.1 Å². The van der Waals surface area contributed by atoms with Crippen molar-refractivity contribution in [2.45, 2.75) is 39.2 Å². The molecule has 0 radical (unpaired) electrons. The van der Waals surface area contributed by atoms with Crippen molar-refractivity contribution in [1.82, 2.24) is 4.98 Å². The molecule has 0 atom stereocenters. The van der Waals surface area contributed by atoms with Crippen LogP contribution in [0.3, 0.4) is 0 Å². The van der Waals surface area contributed by atoms with Crippen molar-refractivity contribution in [3.8, 4) is 23.1 Å². The van der Waals surface area contributed by atoms with Crippen LogP contribution in [0.15, 0.2) is 54.6 Å². The number of aromatic nitrogens is 1. The molecule has 2 aromatic heterocycles. The average Bonchev–Trinajstić information content (AvgIpc) is 3.38. The van der Waals surface area contributed by atoms with Gasteiger partial charge < -0.3 is 10.1 Å². The first-order valence-corrected chi connectivity index (χ1v) is 11.9. The number of pyridine rings is 1. The summed E-state index contributed by atoms with van der Waals surface area (Å²) in [6.07, 6.45) is 3.01. The molecule has 164 valence electrons. The fourth-order valence-corrected chi connectivity index (χ4v) is 5.53. The van der Waals surface area contributed by atoms with Gasteiger partial charge in [-0.15, -0.1) is 11.3 Å². The summed E-state index contributed by atoms with van der Waals surface area (Å²) in [6.45, 7) is 3.97. The number of nitrogens with one attached hydrogen (secondary N) is 1. The fraction of sp³-hybridized carbons (Fsp3) is 0.222. The molecule has 0 fully saturated rings. The topological polar surface area (TPSA) is 75.0 Å². The third kappa shape index (κ3) is 4.08. The molecule has 1 aliphatic carbocycles. The van der Waals surface area contributed by atoms with Gasteiger partial charge in [-0.2, -0.15) is 5.26 Å². The van der Waals surface area contributed by atoms with E-state index in [0.29, 0.717) is 21.8 Å². The second-order valence-corrected chi connectivity index (χ2v) is 9.50. The van der Waals surface area contributed by atoms with Crippen molar-refractivity contribution in [3.05, 3.63) is 76.2 Å². The summed E-state index contributed by atoms with van der Waals surface area (Å²) < 4.78 is 5.84. The quantitative estimate of drug-likeness (QED) is 0.381. The Hall–Kier alpha value is -3.69. The number of para-hydroxylation sites is 1. The van der Waals surface area contributed by atoms with Gasteiger partial charge in [0, 0.05) is 15.8 Å². The maximum absolute atomic E-state index is 13.5. The first-order valence-electron chi connectivity index (χ1n) is 11.1. The minimum absolute atomic E-state index is 0.0629. The molecule has 1 aliphatic rings. The molecule has 2 heterocycles. The number of nitrogens with zero attached hydrogens (tertiary/aromatic N) is 2. The van der Waals surface area contributed by atoms with Crippen LogP contribution in [0.1, 0.15) is 46.6 Å². The molecule has 33 heavy (non-hydrogen) atoms. The third-order valence-corrected chi connectivity index (χ3v) is 6.93. The van der Waals surface area contributed by atoms with E-state index in [9.17, 15) is 10.1 Å². The van der Waals surface area contributed by atoms with Crippen LogP contribution >= 0.6 is 11.3 Å². The summed E-state index contributed by atoms with van der Waals surface area (Å²) in [7, 11) is 0. The number of hydrogen-bond donors (Lipinski definition) is 1. The third-order valence-electron chi connectivity index (χ3n) is 5.72. The van der Waals surface area contributed by atoms with E-state index in [1.807, 2.05) is 68.4 Å². The van der Waals surface area contributed by atoms with Crippen molar-refractivity contribution < 1.29 is 9.53 Å². The van der Waals surface area contributed by atoms with Gasteiger partial charge in [-0.05, 0) is 62.9 Å². The first kappa shape index (κ1) is 21.2. The van der Waals surface area contributed by atoms with E-state index in [1.54, 1.807) is 0 Å². The molecular formula is C27H23N3O2S. The number of nitriles is 1. The lowest BCUT2D eigenvalue weighted by atomic mass is 10.0. The van der Waals surface area contributed by atoms with Crippen LogP contribution in [0.2, 0.25) is 0 Å². The van der Waals surface area contributed by atoms with E-state index in [0.717, 1.165) is 47.0 Å². The van der Waals surface area contributed by atoms with Crippen LogP contribution in [0.5, 0.6) is 5.75 Å². The number of fused-ring (bicyclic) bond motifs is 2. The minimum atomic E-state index is -0.235. The molecule has 1 N–H and O–H groups in total. The molecule has 0 saturated heterocycles. The summed E-state index contributed by atoms with van der Waals surface area (Å²) in [5.41, 5.74) is 4.55. The first-order chi connectivity index (χ1) is 16.0. The number of benzene rings is 2. The highest BCUT2D eigenvalue weighted by molar-refractivity contribution is 7.16. The van der Waals surface area contributed by atoms with Gasteiger partial charge in [0.1, 0.15) is 16.8 Å². The predicted molar refractivity (Wildman–Crippen MR) is 132 cm³/mol. The van der Waals surface area contributed by atoms with Gasteiger partial charge in [0.05, 0.1) is 28.4 Å². The minimum Gasteiger partial charge on any atom is -0.491 e. The molecule has 1 amide bonds. The zero-order valence-electron chi connectivity index (χ0n) is 18.5. The lowest BCUT2D eigenvalue weighted by Gasteiger charge is -2.13. The maximum atomic E-state index is 13.5. The Bertz CT molecular complexity index is 1410. The van der Waals surface area contributed by atoms with Crippen LogP contribution in [0, 0.1) is 11.3 Å². The summed E-state index contributed by atoms with van der Waals surface area (Å²) in [6, 6.07) is 19.5. The number of ether oxygens (including phenoxy) is 1. The number of carbonyl (C=O) groups excluding carboxylic acids is 1. The van der Waals surface area contributed by atoms with Crippen molar-refractivity contribution >= 4 is 33.1 Å². The summed E-state index contributed by atoms with van der Waals surface area (Å²) >= 11 is 1.52. The predicted octanol–water partition coefficient (Wildman–Crippen LogP) is 6.36. The molecule has 0 unspecified atom stereocenters. The molecule has 0 spiro atoms. The highest BCUT2D eigenvalue weighted by Gasteiger charge is 2.24. The van der Waals surface area contributed by atoms with E-state index in [2.05, 4.69) is 11.4 Å². The van der Waals surface area contributed by atoms with Crippen molar-refractivity contribution in [2.75, 3.05) is 5.32 Å². The van der Waals surface area contributed by atoms with Crippen molar-refractivity contribution in [1.29, 1.82) is 5.26 Å². The Kier molecular flexibility index (Phi) is 5.57. The number of aryl methyl sites for hydroxylation is 1. The van der Waals surface area contributed by atoms with Gasteiger partial charge in [0.25, 0.3) is 5.91 Å². The number of rotatable bonds is 5. The van der Waals surface area contributed by atoms with Crippen LogP contribution in [-0.4, -0.2) is 17.0 Å². The van der Waals surface area contributed by atoms with Crippen molar-refractivity contribution in [2.24, 2.45) is 0 Å². The lowest BCUT2D eigenvalue weighted by molar-refractivity contribution is 0.102. The Balaban J connectivity index is 1.56. The highest BCUT2D eigenvalue weighted by atomic mass is 32.1. The van der Waals surface area contributed by atoms with Crippen LogP contribution in [-0.2, 0) is 12.8 Å². The Morgan fingerprint density at radius 3 is 2.82 bits per heavy atom. The maximum Gasteiger partial charge on any atom is 0.257 e. The van der Waals surface area contributed by atoms with E-state index in [4.69, 9.17) is 9.72 Å². The molecule has 0 saturated carbocycles. The van der Waals surface area contributed by atoms with Gasteiger partial charge in [-0.25, -0.2) is 4.98 Å². The molecule has 4 aromatic rings. The summed E-state index contributed by atoms with van der Waals surface area (Å²) in [5, 5.41) is 14.1. The second-order valence-electron chi connectivity index (χ2n) is 8.39. The molecule has 6 heteroatoms. The Labute approximate surface area is 196 Å². The smallest absolute Gasteiger partial charge is 0.257 e. The SMILES string of the molecule is CC(C)Oc1cccc(-c2cc(C(=O)Nc3sc4c(c3C#N)CCC4)c3ccccc3n2)c1. The number of hydrogen-bond acceptors (Lipinski definition) is 5. The second kappa shape index (κ2) is 8.68. The standard InChI is InChI=1S/C27H23N3O2S/c1-16(2)32-18-8-5-7-17(13-18)24-14-21(19-9-3-4-11-23(19)29-24)26(31)30-27-22(15-28)20-10-6-12-25(20)33-27/h3-5,7-9,11,13-14,16H,6,10,12H2,1-2H3,(H,30,31). The largest absolute Gasteiger partial charge is 0.491 e. The number of carbonyl (C=O) groups is 1. The summed E-state index contributed by atoms with van der Waals surface area (Å²) in [4.78, 5) is 19.5. The average molecular weight is 454 g/mol. The molecular weight excluding hydrogens is 430 g/mol. The number of anilines is 1. The molecule has 2 aromatic carbocycles. The Morgan fingerprint density at radius 2 is 2.00 bits per heavy atom. The van der Waals surface area contributed by atoms with Gasteiger partial charge in [0.2, 0.25) is 0 Å². The van der Waals surface area contributed by atoms with Crippen LogP contribution in [0.4, 0.5) is 5.00 Å². The molecule has 5 rings (SSSR count). The molecule has 0 aliphatic heterocycles. The van der Waals surface area contributed by atoms with E-state index in [1.165, 1.54) is 16.2 Å². The Morgan fingerprint density at radius 1 is 1.15 bits per heavy atom. The zero-order valence-corrected chi connectivity index (χ0v) is 19.3.